The van der Waals surface area contributed by atoms with Crippen molar-refractivity contribution in [3.8, 4) is 5.69 Å². The monoisotopic (exact) mass is 350 g/mol. The van der Waals surface area contributed by atoms with Gasteiger partial charge in [-0.1, -0.05) is 12.1 Å². The number of benzene rings is 2. The van der Waals surface area contributed by atoms with Gasteiger partial charge in [0.25, 0.3) is 5.91 Å². The zero-order valence-electron chi connectivity index (χ0n) is 13.4. The Morgan fingerprint density at radius 3 is 2.54 bits per heavy atom. The average Bonchev–Trinajstić information content (AvgIpc) is 3.12. The summed E-state index contributed by atoms with van der Waals surface area (Å²) in [5.74, 6) is -2.02. The first-order chi connectivity index (χ1) is 12.6. The van der Waals surface area contributed by atoms with E-state index in [0.29, 0.717) is 5.69 Å². The Balaban J connectivity index is 1.65. The second-order valence-electron chi connectivity index (χ2n) is 5.55. The Labute approximate surface area is 146 Å². The third-order valence-electron chi connectivity index (χ3n) is 3.88. The Bertz CT molecular complexity index is 1100. The molecule has 0 spiro atoms. The third-order valence-corrected chi connectivity index (χ3v) is 3.88. The first kappa shape index (κ1) is 15.9. The summed E-state index contributed by atoms with van der Waals surface area (Å²) in [5, 5.41) is 7.52. The van der Waals surface area contributed by atoms with E-state index < -0.39 is 17.5 Å². The first-order valence-corrected chi connectivity index (χ1v) is 7.78. The predicted octanol–water partition coefficient (Wildman–Crippen LogP) is 3.95. The number of amides is 1. The van der Waals surface area contributed by atoms with E-state index in [0.717, 1.165) is 27.7 Å². The number of hydrogen-bond donors (Lipinski definition) is 1. The summed E-state index contributed by atoms with van der Waals surface area (Å²) >= 11 is 0. The Hall–Kier alpha value is -3.61. The average molecular weight is 350 g/mol. The molecule has 0 aliphatic carbocycles. The smallest absolute Gasteiger partial charge is 0.276 e. The lowest BCUT2D eigenvalue weighted by Crippen LogP contribution is -2.14. The van der Waals surface area contributed by atoms with Crippen LogP contribution in [0.4, 0.5) is 14.5 Å². The van der Waals surface area contributed by atoms with Gasteiger partial charge >= 0.3 is 0 Å². The van der Waals surface area contributed by atoms with Crippen molar-refractivity contribution in [3.05, 3.63) is 84.3 Å². The molecular weight excluding hydrogens is 338 g/mol. The van der Waals surface area contributed by atoms with Crippen LogP contribution in [0.15, 0.2) is 67.0 Å². The Morgan fingerprint density at radius 2 is 1.73 bits per heavy atom. The molecule has 0 saturated heterocycles. The van der Waals surface area contributed by atoms with E-state index in [-0.39, 0.29) is 11.4 Å². The predicted molar refractivity (Wildman–Crippen MR) is 93.2 cm³/mol. The van der Waals surface area contributed by atoms with Crippen LogP contribution >= 0.6 is 0 Å². The zero-order valence-corrected chi connectivity index (χ0v) is 13.4. The fourth-order valence-corrected chi connectivity index (χ4v) is 2.68. The van der Waals surface area contributed by atoms with Crippen molar-refractivity contribution in [2.45, 2.75) is 0 Å². The second-order valence-corrected chi connectivity index (χ2v) is 5.55. The molecule has 7 heteroatoms. The lowest BCUT2D eigenvalue weighted by atomic mass is 10.2. The van der Waals surface area contributed by atoms with Gasteiger partial charge in [0.15, 0.2) is 17.3 Å². The van der Waals surface area contributed by atoms with Crippen molar-refractivity contribution >= 4 is 22.5 Å². The number of nitrogens with one attached hydrogen (secondary N) is 1. The molecule has 4 rings (SSSR count). The summed E-state index contributed by atoms with van der Waals surface area (Å²) in [5.41, 5.74) is 1.02. The zero-order chi connectivity index (χ0) is 18.1. The van der Waals surface area contributed by atoms with E-state index >= 15 is 0 Å². The number of anilines is 1. The molecule has 0 aliphatic heterocycles. The van der Waals surface area contributed by atoms with Gasteiger partial charge in [-0.25, -0.2) is 13.5 Å². The molecule has 0 bridgehead atoms. The molecule has 2 heterocycles. The SMILES string of the molecule is O=C(Nc1cccc2ncccc12)c1ccn(-c2c(F)cccc2F)n1. The minimum absolute atomic E-state index is 0.0357. The molecule has 2 aromatic heterocycles. The number of pyridine rings is 1. The lowest BCUT2D eigenvalue weighted by Gasteiger charge is -2.07. The van der Waals surface area contributed by atoms with Crippen molar-refractivity contribution in [1.29, 1.82) is 0 Å². The summed E-state index contributed by atoms with van der Waals surface area (Å²) in [7, 11) is 0. The molecule has 0 unspecified atom stereocenters. The van der Waals surface area contributed by atoms with Gasteiger partial charge in [0.2, 0.25) is 0 Å². The molecule has 5 nitrogen and oxygen atoms in total. The summed E-state index contributed by atoms with van der Waals surface area (Å²) in [6, 6.07) is 13.9. The molecule has 0 fully saturated rings. The van der Waals surface area contributed by atoms with E-state index in [4.69, 9.17) is 0 Å². The van der Waals surface area contributed by atoms with Crippen LogP contribution in [0, 0.1) is 11.6 Å². The van der Waals surface area contributed by atoms with Gasteiger partial charge in [-0.05, 0) is 42.5 Å². The number of rotatable bonds is 3. The van der Waals surface area contributed by atoms with Gasteiger partial charge in [-0.15, -0.1) is 0 Å². The Kier molecular flexibility index (Phi) is 3.89. The van der Waals surface area contributed by atoms with Crippen LogP contribution in [-0.4, -0.2) is 20.7 Å². The molecule has 0 aliphatic rings. The number of aromatic nitrogens is 3. The number of para-hydroxylation sites is 1. The number of hydrogen-bond acceptors (Lipinski definition) is 3. The summed E-state index contributed by atoms with van der Waals surface area (Å²) < 4.78 is 28.7. The highest BCUT2D eigenvalue weighted by Crippen LogP contribution is 2.22. The van der Waals surface area contributed by atoms with Gasteiger partial charge in [0, 0.05) is 17.8 Å². The molecule has 128 valence electrons. The first-order valence-electron chi connectivity index (χ1n) is 7.78. The number of carbonyl (C=O) groups is 1. The van der Waals surface area contributed by atoms with Crippen LogP contribution in [0.25, 0.3) is 16.6 Å². The number of carbonyl (C=O) groups excluding carboxylic acids is 1. The van der Waals surface area contributed by atoms with E-state index in [1.807, 2.05) is 12.1 Å². The largest absolute Gasteiger partial charge is 0.320 e. The third kappa shape index (κ3) is 2.79. The molecule has 2 aromatic carbocycles. The van der Waals surface area contributed by atoms with Crippen molar-refractivity contribution < 1.29 is 13.6 Å². The normalized spacial score (nSPS) is 10.8. The number of nitrogens with zero attached hydrogens (tertiary/aromatic N) is 3. The highest BCUT2D eigenvalue weighted by Gasteiger charge is 2.16. The summed E-state index contributed by atoms with van der Waals surface area (Å²) in [6.45, 7) is 0. The van der Waals surface area contributed by atoms with E-state index in [9.17, 15) is 13.6 Å². The van der Waals surface area contributed by atoms with Gasteiger partial charge < -0.3 is 5.32 Å². The van der Waals surface area contributed by atoms with Crippen LogP contribution in [0.5, 0.6) is 0 Å². The van der Waals surface area contributed by atoms with Crippen LogP contribution in [0.2, 0.25) is 0 Å². The van der Waals surface area contributed by atoms with Crippen LogP contribution in [0.3, 0.4) is 0 Å². The second kappa shape index (κ2) is 6.36. The van der Waals surface area contributed by atoms with Crippen molar-refractivity contribution in [1.82, 2.24) is 14.8 Å². The van der Waals surface area contributed by atoms with E-state index in [1.165, 1.54) is 18.3 Å². The van der Waals surface area contributed by atoms with E-state index in [1.54, 1.807) is 24.4 Å². The van der Waals surface area contributed by atoms with Crippen LogP contribution in [-0.2, 0) is 0 Å². The molecule has 0 saturated carbocycles. The standard InChI is InChI=1S/C19H12F2N4O/c20-13-5-1-6-14(21)18(13)25-11-9-17(24-25)19(26)23-16-8-2-7-15-12(16)4-3-10-22-15/h1-11H,(H,23,26). The molecular formula is C19H12F2N4O. The van der Waals surface area contributed by atoms with Gasteiger partial charge in [0.1, 0.15) is 5.69 Å². The minimum Gasteiger partial charge on any atom is -0.320 e. The highest BCUT2D eigenvalue weighted by atomic mass is 19.1. The fourth-order valence-electron chi connectivity index (χ4n) is 2.68. The maximum absolute atomic E-state index is 13.9. The summed E-state index contributed by atoms with van der Waals surface area (Å²) in [6.07, 6.45) is 3.00. The van der Waals surface area contributed by atoms with Gasteiger partial charge in [-0.3, -0.25) is 9.78 Å². The topological polar surface area (TPSA) is 59.8 Å². The molecule has 1 N–H and O–H groups in total. The highest BCUT2D eigenvalue weighted by molar-refractivity contribution is 6.07. The quantitative estimate of drug-likeness (QED) is 0.609. The fraction of sp³-hybridized carbons (Fsp3) is 0. The van der Waals surface area contributed by atoms with Crippen molar-refractivity contribution in [3.63, 3.8) is 0 Å². The molecule has 0 atom stereocenters. The van der Waals surface area contributed by atoms with Gasteiger partial charge in [-0.2, -0.15) is 5.10 Å². The van der Waals surface area contributed by atoms with Crippen molar-refractivity contribution in [2.75, 3.05) is 5.32 Å². The molecule has 1 amide bonds. The van der Waals surface area contributed by atoms with Crippen molar-refractivity contribution in [2.24, 2.45) is 0 Å². The number of fused-ring (bicyclic) bond motifs is 1. The lowest BCUT2D eigenvalue weighted by molar-refractivity contribution is 0.102. The Morgan fingerprint density at radius 1 is 0.962 bits per heavy atom. The molecule has 4 aromatic rings. The molecule has 26 heavy (non-hydrogen) atoms. The maximum atomic E-state index is 13.9. The van der Waals surface area contributed by atoms with E-state index in [2.05, 4.69) is 15.4 Å². The summed E-state index contributed by atoms with van der Waals surface area (Å²) in [4.78, 5) is 16.7. The molecule has 0 radical (unpaired) electrons. The van der Waals surface area contributed by atoms with Gasteiger partial charge in [0.05, 0.1) is 11.2 Å². The minimum atomic E-state index is -0.764. The van der Waals surface area contributed by atoms with Crippen LogP contribution < -0.4 is 5.32 Å². The van der Waals surface area contributed by atoms with Crippen LogP contribution in [0.1, 0.15) is 10.5 Å². The number of halogens is 2. The maximum Gasteiger partial charge on any atom is 0.276 e.